The molecule has 1 amide bonds. The van der Waals surface area contributed by atoms with Crippen LogP contribution in [-0.4, -0.2) is 40.4 Å². The molecule has 2 atom stereocenters. The van der Waals surface area contributed by atoms with Gasteiger partial charge in [0.25, 0.3) is 5.92 Å². The molecular weight excluding hydrogens is 280 g/mol. The first-order chi connectivity index (χ1) is 9.81. The van der Waals surface area contributed by atoms with Crippen LogP contribution in [0, 0.1) is 16.7 Å². The number of nitrogens with zero attached hydrogens (tertiary/aromatic N) is 1. The number of carbonyl (C=O) groups is 2. The van der Waals surface area contributed by atoms with E-state index in [0.717, 1.165) is 12.8 Å². The van der Waals surface area contributed by atoms with Gasteiger partial charge in [-0.3, -0.25) is 9.59 Å². The molecular formula is C15H19F2NO3. The lowest BCUT2D eigenvalue weighted by molar-refractivity contribution is -0.151. The summed E-state index contributed by atoms with van der Waals surface area (Å²) in [4.78, 5) is 25.8. The molecule has 0 radical (unpaired) electrons. The van der Waals surface area contributed by atoms with E-state index in [1.54, 1.807) is 4.90 Å². The number of aliphatic carboxylic acids is 1. The quantitative estimate of drug-likeness (QED) is 0.851. The topological polar surface area (TPSA) is 57.6 Å². The minimum Gasteiger partial charge on any atom is -0.481 e. The first kappa shape index (κ1) is 13.5. The van der Waals surface area contributed by atoms with Gasteiger partial charge in [0.05, 0.1) is 5.41 Å². The van der Waals surface area contributed by atoms with Crippen LogP contribution in [-0.2, 0) is 9.59 Å². The van der Waals surface area contributed by atoms with E-state index in [4.69, 9.17) is 0 Å². The van der Waals surface area contributed by atoms with Crippen molar-refractivity contribution in [1.82, 2.24) is 4.90 Å². The van der Waals surface area contributed by atoms with Crippen molar-refractivity contribution in [2.75, 3.05) is 6.54 Å². The molecule has 3 saturated carbocycles. The highest BCUT2D eigenvalue weighted by atomic mass is 19.3. The Morgan fingerprint density at radius 3 is 2.43 bits per heavy atom. The number of hydrogen-bond donors (Lipinski definition) is 1. The Kier molecular flexibility index (Phi) is 2.41. The predicted molar refractivity (Wildman–Crippen MR) is 68.8 cm³/mol. The summed E-state index contributed by atoms with van der Waals surface area (Å²) in [7, 11) is 0. The molecule has 4 rings (SSSR count). The number of amides is 1. The molecule has 4 nitrogen and oxygen atoms in total. The van der Waals surface area contributed by atoms with E-state index in [1.165, 1.54) is 0 Å². The molecule has 1 heterocycles. The second-order valence-corrected chi connectivity index (χ2v) is 7.42. The monoisotopic (exact) mass is 299 g/mol. The van der Waals surface area contributed by atoms with Crippen molar-refractivity contribution in [1.29, 1.82) is 0 Å². The minimum absolute atomic E-state index is 0.0771. The molecule has 0 aromatic carbocycles. The maximum absolute atomic E-state index is 13.2. The van der Waals surface area contributed by atoms with E-state index in [2.05, 4.69) is 0 Å². The van der Waals surface area contributed by atoms with Gasteiger partial charge in [0, 0.05) is 30.3 Å². The molecule has 0 aromatic heterocycles. The van der Waals surface area contributed by atoms with Crippen LogP contribution < -0.4 is 0 Å². The Labute approximate surface area is 121 Å². The summed E-state index contributed by atoms with van der Waals surface area (Å²) in [6.07, 6.45) is 3.17. The summed E-state index contributed by atoms with van der Waals surface area (Å²) < 4.78 is 26.5. The van der Waals surface area contributed by atoms with Gasteiger partial charge < -0.3 is 10.0 Å². The van der Waals surface area contributed by atoms with Gasteiger partial charge in [0.2, 0.25) is 5.91 Å². The zero-order chi connectivity index (χ0) is 15.0. The number of carboxylic acid groups (broad SMARTS) is 1. The molecule has 4 fully saturated rings. The fraction of sp³-hybridized carbons (Fsp3) is 0.867. The third-order valence-electron chi connectivity index (χ3n) is 6.46. The Morgan fingerprint density at radius 2 is 1.86 bits per heavy atom. The van der Waals surface area contributed by atoms with Crippen molar-refractivity contribution in [3.05, 3.63) is 0 Å². The summed E-state index contributed by atoms with van der Waals surface area (Å²) in [6.45, 7) is 0.468. The molecule has 116 valence electrons. The maximum atomic E-state index is 13.2. The van der Waals surface area contributed by atoms with Crippen molar-refractivity contribution in [2.45, 2.75) is 56.9 Å². The van der Waals surface area contributed by atoms with Crippen molar-refractivity contribution in [2.24, 2.45) is 16.7 Å². The second kappa shape index (κ2) is 3.76. The average Bonchev–Trinajstić information content (AvgIpc) is 2.73. The summed E-state index contributed by atoms with van der Waals surface area (Å²) in [5.74, 6) is -3.78. The first-order valence-corrected chi connectivity index (χ1v) is 7.73. The van der Waals surface area contributed by atoms with E-state index in [9.17, 15) is 23.5 Å². The number of hydrogen-bond acceptors (Lipinski definition) is 2. The molecule has 1 saturated heterocycles. The smallest absolute Gasteiger partial charge is 0.311 e. The molecule has 0 bridgehead atoms. The van der Waals surface area contributed by atoms with Crippen LogP contribution in [0.2, 0.25) is 0 Å². The summed E-state index contributed by atoms with van der Waals surface area (Å²) in [5, 5.41) is 9.51. The lowest BCUT2D eigenvalue weighted by atomic mass is 9.70. The Hall–Kier alpha value is -1.20. The second-order valence-electron chi connectivity index (χ2n) is 7.42. The van der Waals surface area contributed by atoms with Crippen LogP contribution >= 0.6 is 0 Å². The van der Waals surface area contributed by atoms with Crippen LogP contribution in [0.5, 0.6) is 0 Å². The lowest BCUT2D eigenvalue weighted by Gasteiger charge is -2.39. The van der Waals surface area contributed by atoms with E-state index in [0.29, 0.717) is 19.4 Å². The van der Waals surface area contributed by atoms with Crippen molar-refractivity contribution in [3.8, 4) is 0 Å². The molecule has 0 aromatic rings. The number of fused-ring (bicyclic) bond motifs is 1. The van der Waals surface area contributed by atoms with E-state index < -0.39 is 22.7 Å². The summed E-state index contributed by atoms with van der Waals surface area (Å²) >= 11 is 0. The molecule has 3 aliphatic carbocycles. The van der Waals surface area contributed by atoms with E-state index in [-0.39, 0.29) is 37.1 Å². The molecule has 4 aliphatic rings. The molecule has 21 heavy (non-hydrogen) atoms. The first-order valence-electron chi connectivity index (χ1n) is 7.73. The minimum atomic E-state index is -2.58. The largest absolute Gasteiger partial charge is 0.481 e. The van der Waals surface area contributed by atoms with Crippen LogP contribution in [0.25, 0.3) is 0 Å². The van der Waals surface area contributed by atoms with Gasteiger partial charge in [-0.2, -0.15) is 0 Å². The molecule has 1 N–H and O–H groups in total. The van der Waals surface area contributed by atoms with Crippen LogP contribution in [0.15, 0.2) is 0 Å². The molecule has 6 heteroatoms. The molecule has 1 aliphatic heterocycles. The van der Waals surface area contributed by atoms with E-state index in [1.807, 2.05) is 0 Å². The van der Waals surface area contributed by atoms with Crippen molar-refractivity contribution in [3.63, 3.8) is 0 Å². The average molecular weight is 299 g/mol. The van der Waals surface area contributed by atoms with Gasteiger partial charge in [-0.05, 0) is 32.1 Å². The van der Waals surface area contributed by atoms with Crippen LogP contribution in [0.4, 0.5) is 8.78 Å². The predicted octanol–water partition coefficient (Wildman–Crippen LogP) is 2.28. The van der Waals surface area contributed by atoms with Crippen LogP contribution in [0.3, 0.4) is 0 Å². The zero-order valence-electron chi connectivity index (χ0n) is 11.8. The maximum Gasteiger partial charge on any atom is 0.311 e. The fourth-order valence-corrected chi connectivity index (χ4v) is 5.01. The SMILES string of the molecule is O=C(C1CC2(C1)CC2(F)F)N1CC[C@@]2(C(=O)O)CCC[C@@H]12. The number of alkyl halides is 2. The normalized spacial score (nSPS) is 46.3. The highest BCUT2D eigenvalue weighted by Crippen LogP contribution is 2.73. The number of halogens is 2. The zero-order valence-corrected chi connectivity index (χ0v) is 11.8. The standard InChI is InChI=1S/C15H19F2NO3/c16-15(17)8-13(15)6-9(7-13)11(19)18-5-4-14(12(20)21)3-1-2-10(14)18/h9-10H,1-8H2,(H,20,21)/t9?,10-,13?,14+/m1/s1. The van der Waals surface area contributed by atoms with Crippen molar-refractivity contribution >= 4 is 11.9 Å². The van der Waals surface area contributed by atoms with E-state index >= 15 is 0 Å². The summed E-state index contributed by atoms with van der Waals surface area (Å²) in [5.41, 5.74) is -1.67. The fourth-order valence-electron chi connectivity index (χ4n) is 5.01. The number of rotatable bonds is 2. The highest BCUT2D eigenvalue weighted by Gasteiger charge is 2.76. The Balaban J connectivity index is 1.46. The van der Waals surface area contributed by atoms with Gasteiger partial charge in [0.15, 0.2) is 0 Å². The number of likely N-dealkylation sites (tertiary alicyclic amines) is 1. The van der Waals surface area contributed by atoms with Gasteiger partial charge >= 0.3 is 5.97 Å². The third kappa shape index (κ3) is 1.53. The van der Waals surface area contributed by atoms with Gasteiger partial charge in [0.1, 0.15) is 0 Å². The van der Waals surface area contributed by atoms with Gasteiger partial charge in [-0.25, -0.2) is 8.78 Å². The molecule has 1 spiro atoms. The third-order valence-corrected chi connectivity index (χ3v) is 6.46. The van der Waals surface area contributed by atoms with Gasteiger partial charge in [-0.15, -0.1) is 0 Å². The Morgan fingerprint density at radius 1 is 1.19 bits per heavy atom. The lowest BCUT2D eigenvalue weighted by Crippen LogP contribution is -2.48. The van der Waals surface area contributed by atoms with Crippen molar-refractivity contribution < 1.29 is 23.5 Å². The highest BCUT2D eigenvalue weighted by molar-refractivity contribution is 5.84. The Bertz CT molecular complexity index is 529. The number of carbonyl (C=O) groups excluding carboxylic acids is 1. The van der Waals surface area contributed by atoms with Gasteiger partial charge in [-0.1, -0.05) is 6.42 Å². The molecule has 0 unspecified atom stereocenters. The van der Waals surface area contributed by atoms with Crippen LogP contribution in [0.1, 0.15) is 44.9 Å². The number of carboxylic acids is 1. The summed E-state index contributed by atoms with van der Waals surface area (Å²) in [6, 6.07) is -0.223.